The third-order valence-corrected chi connectivity index (χ3v) is 4.54. The van der Waals surface area contributed by atoms with Gasteiger partial charge in [-0.1, -0.05) is 25.4 Å². The molecule has 1 unspecified atom stereocenters. The van der Waals surface area contributed by atoms with E-state index in [9.17, 15) is 0 Å². The van der Waals surface area contributed by atoms with Gasteiger partial charge in [0.15, 0.2) is 0 Å². The molecule has 0 saturated heterocycles. The van der Waals surface area contributed by atoms with E-state index in [4.69, 9.17) is 11.6 Å². The van der Waals surface area contributed by atoms with Crippen LogP contribution >= 0.6 is 22.9 Å². The van der Waals surface area contributed by atoms with Gasteiger partial charge in [-0.15, -0.1) is 11.3 Å². The van der Waals surface area contributed by atoms with Crippen LogP contribution in [0.1, 0.15) is 36.9 Å². The van der Waals surface area contributed by atoms with Crippen LogP contribution in [0.3, 0.4) is 0 Å². The van der Waals surface area contributed by atoms with Crippen LogP contribution in [-0.2, 0) is 0 Å². The summed E-state index contributed by atoms with van der Waals surface area (Å²) in [5, 5.41) is 1.60. The Labute approximate surface area is 104 Å². The van der Waals surface area contributed by atoms with Crippen molar-refractivity contribution in [3.63, 3.8) is 0 Å². The van der Waals surface area contributed by atoms with E-state index in [0.29, 0.717) is 16.5 Å². The minimum absolute atomic E-state index is 0.351. The molecule has 0 radical (unpaired) electrons. The van der Waals surface area contributed by atoms with E-state index in [0.717, 1.165) is 16.0 Å². The molecule has 2 aromatic heterocycles. The summed E-state index contributed by atoms with van der Waals surface area (Å²) in [7, 11) is 0. The first kappa shape index (κ1) is 10.5. The average Bonchev–Trinajstić information content (AvgIpc) is 2.65. The van der Waals surface area contributed by atoms with Crippen LogP contribution in [0.2, 0.25) is 5.15 Å². The van der Waals surface area contributed by atoms with E-state index in [1.807, 2.05) is 0 Å². The molecule has 0 aliphatic heterocycles. The lowest BCUT2D eigenvalue weighted by Crippen LogP contribution is -1.97. The molecule has 1 aliphatic carbocycles. The number of fused-ring (bicyclic) bond motifs is 1. The average molecular weight is 253 g/mol. The predicted molar refractivity (Wildman–Crippen MR) is 68.3 cm³/mol. The van der Waals surface area contributed by atoms with Crippen molar-refractivity contribution in [3.05, 3.63) is 21.9 Å². The lowest BCUT2D eigenvalue weighted by atomic mass is 10.1. The Morgan fingerprint density at radius 1 is 1.44 bits per heavy atom. The summed E-state index contributed by atoms with van der Waals surface area (Å²) >= 11 is 7.89. The highest BCUT2D eigenvalue weighted by molar-refractivity contribution is 7.18. The van der Waals surface area contributed by atoms with Crippen LogP contribution in [0, 0.1) is 12.3 Å². The molecule has 1 fully saturated rings. The summed E-state index contributed by atoms with van der Waals surface area (Å²) in [6.07, 6.45) is 1.17. The van der Waals surface area contributed by atoms with Gasteiger partial charge in [0.2, 0.25) is 0 Å². The normalized spacial score (nSPS) is 22.6. The summed E-state index contributed by atoms with van der Waals surface area (Å²) in [5.74, 6) is 1.40. The predicted octanol–water partition coefficient (Wildman–Crippen LogP) is 4.17. The van der Waals surface area contributed by atoms with Gasteiger partial charge in [-0.3, -0.25) is 0 Å². The third-order valence-electron chi connectivity index (χ3n) is 3.31. The van der Waals surface area contributed by atoms with Gasteiger partial charge >= 0.3 is 0 Å². The molecule has 0 spiro atoms. The first-order chi connectivity index (χ1) is 7.47. The zero-order valence-electron chi connectivity index (χ0n) is 9.54. The topological polar surface area (TPSA) is 25.8 Å². The second kappa shape index (κ2) is 3.17. The minimum Gasteiger partial charge on any atom is -0.222 e. The molecule has 2 heterocycles. The Bertz CT molecular complexity index is 574. The summed E-state index contributed by atoms with van der Waals surface area (Å²) in [6, 6.07) is 2.06. The maximum atomic E-state index is 6.20. The van der Waals surface area contributed by atoms with Crippen molar-refractivity contribution < 1.29 is 0 Å². The van der Waals surface area contributed by atoms with Crippen molar-refractivity contribution in [3.8, 4) is 0 Å². The van der Waals surface area contributed by atoms with Gasteiger partial charge in [0.25, 0.3) is 0 Å². The maximum absolute atomic E-state index is 6.20. The second-order valence-electron chi connectivity index (χ2n) is 5.19. The number of thiophene rings is 1. The summed E-state index contributed by atoms with van der Waals surface area (Å²) in [4.78, 5) is 11.3. The fourth-order valence-corrected chi connectivity index (χ4v) is 3.26. The molecular weight excluding hydrogens is 240 g/mol. The monoisotopic (exact) mass is 252 g/mol. The number of nitrogens with zero attached hydrogens (tertiary/aromatic N) is 2. The van der Waals surface area contributed by atoms with Crippen molar-refractivity contribution in [1.82, 2.24) is 9.97 Å². The fourth-order valence-electron chi connectivity index (χ4n) is 2.09. The number of hydrogen-bond acceptors (Lipinski definition) is 3. The van der Waals surface area contributed by atoms with E-state index in [1.165, 1.54) is 11.3 Å². The lowest BCUT2D eigenvalue weighted by Gasteiger charge is -2.03. The summed E-state index contributed by atoms with van der Waals surface area (Å²) < 4.78 is 0. The maximum Gasteiger partial charge on any atom is 0.141 e. The van der Waals surface area contributed by atoms with E-state index in [-0.39, 0.29) is 0 Å². The molecule has 0 aromatic carbocycles. The van der Waals surface area contributed by atoms with Gasteiger partial charge < -0.3 is 0 Å². The van der Waals surface area contributed by atoms with Gasteiger partial charge in [-0.2, -0.15) is 0 Å². The first-order valence-corrected chi connectivity index (χ1v) is 6.60. The van der Waals surface area contributed by atoms with Crippen molar-refractivity contribution in [2.75, 3.05) is 0 Å². The number of hydrogen-bond donors (Lipinski definition) is 0. The minimum atomic E-state index is 0.351. The molecule has 1 atom stereocenters. The van der Waals surface area contributed by atoms with Gasteiger partial charge in [-0.05, 0) is 24.8 Å². The fraction of sp³-hybridized carbons (Fsp3) is 0.500. The van der Waals surface area contributed by atoms with Crippen LogP contribution in [0.15, 0.2) is 6.07 Å². The Morgan fingerprint density at radius 3 is 2.75 bits per heavy atom. The Hall–Kier alpha value is -0.670. The van der Waals surface area contributed by atoms with Gasteiger partial charge in [0, 0.05) is 16.2 Å². The van der Waals surface area contributed by atoms with Crippen molar-refractivity contribution in [2.45, 2.75) is 33.1 Å². The van der Waals surface area contributed by atoms with Crippen LogP contribution < -0.4 is 0 Å². The van der Waals surface area contributed by atoms with Crippen LogP contribution in [0.4, 0.5) is 0 Å². The van der Waals surface area contributed by atoms with Crippen molar-refractivity contribution in [1.29, 1.82) is 0 Å². The SMILES string of the molecule is Cc1cc2c(Cl)nc(C3CC3(C)C)nc2s1. The molecule has 84 valence electrons. The Balaban J connectivity index is 2.14. The molecular formula is C12H13ClN2S. The number of halogens is 1. The third kappa shape index (κ3) is 1.54. The highest BCUT2D eigenvalue weighted by atomic mass is 35.5. The zero-order chi connectivity index (χ0) is 11.5. The van der Waals surface area contributed by atoms with Crippen molar-refractivity contribution >= 4 is 33.2 Å². The van der Waals surface area contributed by atoms with E-state index in [1.54, 1.807) is 11.3 Å². The van der Waals surface area contributed by atoms with Crippen molar-refractivity contribution in [2.24, 2.45) is 5.41 Å². The highest BCUT2D eigenvalue weighted by Crippen LogP contribution is 2.57. The molecule has 0 N–H and O–H groups in total. The van der Waals surface area contributed by atoms with Gasteiger partial charge in [-0.25, -0.2) is 9.97 Å². The molecule has 0 amide bonds. The standard InChI is InChI=1S/C12H13ClN2S/c1-6-4-7-9(13)14-10(15-11(7)16-6)8-5-12(8,2)3/h4,8H,5H2,1-3H3. The largest absolute Gasteiger partial charge is 0.222 e. The molecule has 4 heteroatoms. The molecule has 2 nitrogen and oxygen atoms in total. The van der Waals surface area contributed by atoms with E-state index in [2.05, 4.69) is 36.8 Å². The Kier molecular flexibility index (Phi) is 2.08. The summed E-state index contributed by atoms with van der Waals surface area (Å²) in [5.41, 5.74) is 0.351. The van der Waals surface area contributed by atoms with E-state index >= 15 is 0 Å². The first-order valence-electron chi connectivity index (χ1n) is 5.41. The molecule has 2 aromatic rings. The molecule has 0 bridgehead atoms. The summed E-state index contributed by atoms with van der Waals surface area (Å²) in [6.45, 7) is 6.57. The molecule has 1 saturated carbocycles. The van der Waals surface area contributed by atoms with Gasteiger partial charge in [0.05, 0.1) is 0 Å². The molecule has 3 rings (SSSR count). The van der Waals surface area contributed by atoms with Crippen LogP contribution in [-0.4, -0.2) is 9.97 Å². The number of rotatable bonds is 1. The highest BCUT2D eigenvalue weighted by Gasteiger charge is 2.48. The van der Waals surface area contributed by atoms with Crippen LogP contribution in [0.25, 0.3) is 10.2 Å². The number of aryl methyl sites for hydroxylation is 1. The lowest BCUT2D eigenvalue weighted by molar-refractivity contribution is 0.609. The van der Waals surface area contributed by atoms with E-state index < -0.39 is 0 Å². The zero-order valence-corrected chi connectivity index (χ0v) is 11.1. The Morgan fingerprint density at radius 2 is 2.12 bits per heavy atom. The smallest absolute Gasteiger partial charge is 0.141 e. The quantitative estimate of drug-likeness (QED) is 0.712. The number of aromatic nitrogens is 2. The molecule has 1 aliphatic rings. The van der Waals surface area contributed by atoms with Gasteiger partial charge in [0.1, 0.15) is 15.8 Å². The molecule has 16 heavy (non-hydrogen) atoms. The van der Waals surface area contributed by atoms with Crippen LogP contribution in [0.5, 0.6) is 0 Å². The second-order valence-corrected chi connectivity index (χ2v) is 6.79.